The first kappa shape index (κ1) is 11.9. The van der Waals surface area contributed by atoms with Gasteiger partial charge in [-0.05, 0) is 32.6 Å². The van der Waals surface area contributed by atoms with Gasteiger partial charge in [-0.15, -0.1) is 0 Å². The molecule has 0 aromatic heterocycles. The molecule has 0 bridgehead atoms. The van der Waals surface area contributed by atoms with Crippen molar-refractivity contribution >= 4 is 17.2 Å². The van der Waals surface area contributed by atoms with Crippen LogP contribution >= 0.6 is 12.2 Å². The minimum Gasteiger partial charge on any atom is -0.393 e. The Morgan fingerprint density at radius 2 is 2.00 bits per heavy atom. The summed E-state index contributed by atoms with van der Waals surface area (Å²) in [5.74, 6) is 1.28. The molecule has 1 rings (SSSR count). The van der Waals surface area contributed by atoms with E-state index in [1.54, 1.807) is 0 Å². The third-order valence-corrected chi connectivity index (χ3v) is 3.32. The molecule has 0 saturated heterocycles. The summed E-state index contributed by atoms with van der Waals surface area (Å²) >= 11 is 5.00. The Bertz CT molecular complexity index is 199. The fourth-order valence-electron chi connectivity index (χ4n) is 1.57. The quantitative estimate of drug-likeness (QED) is 0.686. The molecule has 1 aliphatic rings. The largest absolute Gasteiger partial charge is 0.393 e. The van der Waals surface area contributed by atoms with Crippen LogP contribution in [0.2, 0.25) is 0 Å². The lowest BCUT2D eigenvalue weighted by Gasteiger charge is -2.29. The van der Waals surface area contributed by atoms with Crippen molar-refractivity contribution in [1.82, 2.24) is 4.90 Å². The highest BCUT2D eigenvalue weighted by Gasteiger charge is 2.26. The van der Waals surface area contributed by atoms with Crippen molar-refractivity contribution in [3.63, 3.8) is 0 Å². The van der Waals surface area contributed by atoms with E-state index in [2.05, 4.69) is 25.7 Å². The predicted octanol–water partition coefficient (Wildman–Crippen LogP) is 2.03. The molecule has 0 aromatic rings. The molecule has 3 heteroatoms. The molecule has 14 heavy (non-hydrogen) atoms. The third kappa shape index (κ3) is 3.93. The Labute approximate surface area is 92.8 Å². The summed E-state index contributed by atoms with van der Waals surface area (Å²) in [5, 5.41) is 0. The SMILES string of the molecule is CC(CN(CC1CC1)C(C)C)C(N)=S. The third-order valence-electron chi connectivity index (χ3n) is 2.91. The molecule has 0 spiro atoms. The molecule has 0 heterocycles. The van der Waals surface area contributed by atoms with Gasteiger partial charge in [0.25, 0.3) is 0 Å². The van der Waals surface area contributed by atoms with Gasteiger partial charge >= 0.3 is 0 Å². The molecule has 1 fully saturated rings. The van der Waals surface area contributed by atoms with E-state index in [-0.39, 0.29) is 0 Å². The molecule has 2 N–H and O–H groups in total. The maximum atomic E-state index is 5.64. The average molecular weight is 214 g/mol. The van der Waals surface area contributed by atoms with Crippen LogP contribution in [0.4, 0.5) is 0 Å². The van der Waals surface area contributed by atoms with E-state index < -0.39 is 0 Å². The molecule has 1 unspecified atom stereocenters. The summed E-state index contributed by atoms with van der Waals surface area (Å²) in [6.45, 7) is 8.85. The first-order valence-electron chi connectivity index (χ1n) is 5.54. The van der Waals surface area contributed by atoms with Crippen molar-refractivity contribution in [3.8, 4) is 0 Å². The van der Waals surface area contributed by atoms with Crippen LogP contribution < -0.4 is 5.73 Å². The summed E-state index contributed by atoms with van der Waals surface area (Å²) in [6.07, 6.45) is 2.81. The van der Waals surface area contributed by atoms with Crippen LogP contribution in [-0.2, 0) is 0 Å². The molecule has 2 nitrogen and oxygen atoms in total. The first-order valence-corrected chi connectivity index (χ1v) is 5.95. The Morgan fingerprint density at radius 1 is 1.43 bits per heavy atom. The van der Waals surface area contributed by atoms with Crippen LogP contribution in [0.5, 0.6) is 0 Å². The van der Waals surface area contributed by atoms with Crippen LogP contribution in [0.3, 0.4) is 0 Å². The van der Waals surface area contributed by atoms with Crippen LogP contribution in [0.15, 0.2) is 0 Å². The molecular weight excluding hydrogens is 192 g/mol. The smallest absolute Gasteiger partial charge is 0.0768 e. The molecule has 0 amide bonds. The number of thiocarbonyl (C=S) groups is 1. The van der Waals surface area contributed by atoms with Crippen LogP contribution in [0.25, 0.3) is 0 Å². The van der Waals surface area contributed by atoms with Crippen molar-refractivity contribution in [2.45, 2.75) is 39.7 Å². The summed E-state index contributed by atoms with van der Waals surface area (Å²) < 4.78 is 0. The average Bonchev–Trinajstić information content (AvgIpc) is 2.86. The minimum atomic E-state index is 0.339. The van der Waals surface area contributed by atoms with Gasteiger partial charge in [-0.1, -0.05) is 19.1 Å². The fraction of sp³-hybridized carbons (Fsp3) is 0.909. The number of nitrogens with two attached hydrogens (primary N) is 1. The maximum Gasteiger partial charge on any atom is 0.0768 e. The van der Waals surface area contributed by atoms with Gasteiger partial charge in [0.05, 0.1) is 4.99 Å². The first-order chi connectivity index (χ1) is 6.50. The summed E-state index contributed by atoms with van der Waals surface area (Å²) in [4.78, 5) is 3.15. The Morgan fingerprint density at radius 3 is 2.36 bits per heavy atom. The minimum absolute atomic E-state index is 0.339. The van der Waals surface area contributed by atoms with Crippen LogP contribution in [0, 0.1) is 11.8 Å². The molecule has 82 valence electrons. The monoisotopic (exact) mass is 214 g/mol. The number of hydrogen-bond donors (Lipinski definition) is 1. The highest BCUT2D eigenvalue weighted by molar-refractivity contribution is 7.80. The zero-order chi connectivity index (χ0) is 10.7. The van der Waals surface area contributed by atoms with Crippen LogP contribution in [0.1, 0.15) is 33.6 Å². The van der Waals surface area contributed by atoms with Gasteiger partial charge in [-0.2, -0.15) is 0 Å². The second-order valence-corrected chi connectivity index (χ2v) is 5.27. The van der Waals surface area contributed by atoms with E-state index in [1.165, 1.54) is 19.4 Å². The zero-order valence-electron chi connectivity index (χ0n) is 9.49. The predicted molar refractivity (Wildman–Crippen MR) is 65.4 cm³/mol. The molecule has 0 aromatic carbocycles. The lowest BCUT2D eigenvalue weighted by molar-refractivity contribution is 0.201. The molecule has 1 atom stereocenters. The maximum absolute atomic E-state index is 5.64. The van der Waals surface area contributed by atoms with E-state index in [0.717, 1.165) is 12.5 Å². The highest BCUT2D eigenvalue weighted by Crippen LogP contribution is 2.30. The van der Waals surface area contributed by atoms with Crippen molar-refractivity contribution < 1.29 is 0 Å². The van der Waals surface area contributed by atoms with Gasteiger partial charge in [-0.3, -0.25) is 4.90 Å². The van der Waals surface area contributed by atoms with Crippen molar-refractivity contribution in [2.24, 2.45) is 17.6 Å². The lowest BCUT2D eigenvalue weighted by Crippen LogP contribution is -2.39. The second kappa shape index (κ2) is 5.08. The van der Waals surface area contributed by atoms with Gasteiger partial charge in [0, 0.05) is 25.0 Å². The number of nitrogens with zero attached hydrogens (tertiary/aromatic N) is 1. The van der Waals surface area contributed by atoms with Gasteiger partial charge in [0.2, 0.25) is 0 Å². The molecule has 0 aliphatic heterocycles. The molecular formula is C11H22N2S. The summed E-state index contributed by atoms with van der Waals surface area (Å²) in [7, 11) is 0. The lowest BCUT2D eigenvalue weighted by atomic mass is 10.1. The Balaban J connectivity index is 2.37. The Kier molecular flexibility index (Phi) is 4.32. The van der Waals surface area contributed by atoms with Crippen LogP contribution in [-0.4, -0.2) is 29.0 Å². The standard InChI is InChI=1S/C11H22N2S/c1-8(2)13(7-10-4-5-10)6-9(3)11(12)14/h8-10H,4-7H2,1-3H3,(H2,12,14). The van der Waals surface area contributed by atoms with E-state index >= 15 is 0 Å². The van der Waals surface area contributed by atoms with Crippen molar-refractivity contribution in [1.29, 1.82) is 0 Å². The van der Waals surface area contributed by atoms with Gasteiger partial charge < -0.3 is 5.73 Å². The van der Waals surface area contributed by atoms with Crippen molar-refractivity contribution in [3.05, 3.63) is 0 Å². The normalized spacial score (nSPS) is 18.9. The van der Waals surface area contributed by atoms with E-state index in [4.69, 9.17) is 18.0 Å². The van der Waals surface area contributed by atoms with E-state index in [9.17, 15) is 0 Å². The van der Waals surface area contributed by atoms with E-state index in [1.807, 2.05) is 0 Å². The molecule has 1 saturated carbocycles. The topological polar surface area (TPSA) is 29.3 Å². The summed E-state index contributed by atoms with van der Waals surface area (Å²) in [5.41, 5.74) is 5.64. The number of rotatable bonds is 6. The second-order valence-electron chi connectivity index (χ2n) is 4.79. The van der Waals surface area contributed by atoms with Crippen molar-refractivity contribution in [2.75, 3.05) is 13.1 Å². The van der Waals surface area contributed by atoms with Gasteiger partial charge in [0.15, 0.2) is 0 Å². The number of hydrogen-bond acceptors (Lipinski definition) is 2. The summed E-state index contributed by atoms with van der Waals surface area (Å²) in [6, 6.07) is 0.604. The molecule has 1 aliphatic carbocycles. The van der Waals surface area contributed by atoms with Gasteiger partial charge in [-0.25, -0.2) is 0 Å². The fourth-order valence-corrected chi connectivity index (χ4v) is 1.64. The van der Waals surface area contributed by atoms with Gasteiger partial charge in [0.1, 0.15) is 0 Å². The van der Waals surface area contributed by atoms with E-state index in [0.29, 0.717) is 16.9 Å². The Hall–Kier alpha value is -0.150. The highest BCUT2D eigenvalue weighted by atomic mass is 32.1. The zero-order valence-corrected chi connectivity index (χ0v) is 10.3. The molecule has 0 radical (unpaired) electrons.